The molecule has 0 bridgehead atoms. The molecule has 0 saturated carbocycles. The van der Waals surface area contributed by atoms with Crippen LogP contribution in [0.4, 0.5) is 5.82 Å². The summed E-state index contributed by atoms with van der Waals surface area (Å²) in [4.78, 5) is 49.7. The molecule has 5 rings (SSSR count). The number of ether oxygens (including phenoxy) is 2. The van der Waals surface area contributed by atoms with Gasteiger partial charge in [0.1, 0.15) is 48.5 Å². The van der Waals surface area contributed by atoms with E-state index in [1.54, 1.807) is 0 Å². The smallest absolute Gasteiger partial charge is 0.330 e. The number of hydrogen-bond acceptors (Lipinski definition) is 16. The Balaban J connectivity index is 0.00000370. The predicted molar refractivity (Wildman–Crippen MR) is 128 cm³/mol. The lowest BCUT2D eigenvalue weighted by Gasteiger charge is -2.30. The van der Waals surface area contributed by atoms with Crippen molar-refractivity contribution in [3.05, 3.63) is 45.8 Å². The van der Waals surface area contributed by atoms with Crippen LogP contribution in [-0.4, -0.2) is 99.3 Å². The number of nitrogens with zero attached hydrogens (tertiary/aromatic N) is 5. The van der Waals surface area contributed by atoms with Crippen LogP contribution in [0.15, 0.2) is 34.5 Å². The van der Waals surface area contributed by atoms with Gasteiger partial charge in [-0.25, -0.2) is 19.7 Å². The molecule has 0 spiro atoms. The first-order valence-corrected chi connectivity index (χ1v) is 12.8. The number of hydrogen-bond donors (Lipinski definition) is 7. The first-order valence-electron chi connectivity index (χ1n) is 11.3. The molecule has 220 valence electrons. The summed E-state index contributed by atoms with van der Waals surface area (Å²) in [6, 6.07) is 0.988. The van der Waals surface area contributed by atoms with Crippen molar-refractivity contribution < 1.29 is 48.4 Å². The van der Waals surface area contributed by atoms with Crippen LogP contribution in [0.3, 0.4) is 0 Å². The van der Waals surface area contributed by atoms with Crippen molar-refractivity contribution in [2.24, 2.45) is 0 Å². The summed E-state index contributed by atoms with van der Waals surface area (Å²) in [6.07, 6.45) is -8.73. The third-order valence-corrected chi connectivity index (χ3v) is 7.23. The Bertz CT molecular complexity index is 1510. The summed E-state index contributed by atoms with van der Waals surface area (Å²) in [5, 5.41) is 41.1. The Morgan fingerprint density at radius 3 is 2.48 bits per heavy atom. The monoisotopic (exact) mass is 590 g/mol. The molecule has 3 aromatic rings. The molecule has 2 saturated heterocycles. The number of H-pyrrole nitrogens is 1. The summed E-state index contributed by atoms with van der Waals surface area (Å²) < 4.78 is 35.5. The highest BCUT2D eigenvalue weighted by Gasteiger charge is 2.48. The number of nitrogens with one attached hydrogen (secondary N) is 1. The minimum Gasteiger partial charge on any atom is -0.756 e. The van der Waals surface area contributed by atoms with Crippen molar-refractivity contribution in [2.45, 2.75) is 49.1 Å². The molecule has 40 heavy (non-hydrogen) atoms. The number of quaternary nitrogens is 1. The van der Waals surface area contributed by atoms with Gasteiger partial charge in [0.2, 0.25) is 0 Å². The highest BCUT2D eigenvalue weighted by molar-refractivity contribution is 7.45. The van der Waals surface area contributed by atoms with Gasteiger partial charge in [-0.3, -0.25) is 23.5 Å². The van der Waals surface area contributed by atoms with Gasteiger partial charge in [-0.2, -0.15) is 0 Å². The molecule has 5 heterocycles. The molecule has 3 aromatic heterocycles. The average molecular weight is 590 g/mol. The lowest BCUT2D eigenvalue weighted by atomic mass is 10.1. The zero-order chi connectivity index (χ0) is 28.1. The zero-order valence-electron chi connectivity index (χ0n) is 20.7. The van der Waals surface area contributed by atoms with Crippen LogP contribution in [0.1, 0.15) is 12.5 Å². The summed E-state index contributed by atoms with van der Waals surface area (Å²) in [6.45, 7) is -1.60. The molecular weight excluding hydrogens is 563 g/mol. The van der Waals surface area contributed by atoms with E-state index in [1.807, 2.05) is 4.98 Å². The van der Waals surface area contributed by atoms with Crippen LogP contribution in [-0.2, 0) is 23.1 Å². The number of anilines is 1. The lowest BCUT2D eigenvalue weighted by Crippen LogP contribution is -2.38. The number of rotatable bonds is 8. The van der Waals surface area contributed by atoms with Crippen molar-refractivity contribution in [3.8, 4) is 0 Å². The number of aromatic amines is 1. The van der Waals surface area contributed by atoms with Crippen LogP contribution < -0.4 is 28.0 Å². The summed E-state index contributed by atoms with van der Waals surface area (Å²) in [5.41, 5.74) is 4.51. The van der Waals surface area contributed by atoms with Crippen molar-refractivity contribution in [1.82, 2.24) is 35.2 Å². The van der Waals surface area contributed by atoms with Gasteiger partial charge in [0, 0.05) is 12.3 Å². The first kappa shape index (κ1) is 29.8. The number of aromatic nitrogens is 6. The fraction of sp³-hybridized carbons (Fsp3) is 0.526. The van der Waals surface area contributed by atoms with Gasteiger partial charge in [-0.05, 0) is 0 Å². The van der Waals surface area contributed by atoms with E-state index in [-0.39, 0.29) is 23.1 Å². The van der Waals surface area contributed by atoms with E-state index in [1.165, 1.54) is 10.9 Å². The van der Waals surface area contributed by atoms with Gasteiger partial charge < -0.3 is 55.7 Å². The van der Waals surface area contributed by atoms with Crippen molar-refractivity contribution in [2.75, 3.05) is 18.9 Å². The maximum absolute atomic E-state index is 12.6. The van der Waals surface area contributed by atoms with Crippen LogP contribution in [0.2, 0.25) is 0 Å². The summed E-state index contributed by atoms with van der Waals surface area (Å²) in [7, 11) is -5.26. The average Bonchev–Trinajstić information content (AvgIpc) is 3.53. The number of imidazole rings is 1. The Morgan fingerprint density at radius 2 is 1.77 bits per heavy atom. The van der Waals surface area contributed by atoms with Crippen LogP contribution in [0, 0.1) is 0 Å². The second kappa shape index (κ2) is 11.4. The minimum absolute atomic E-state index is 0. The predicted octanol–water partition coefficient (Wildman–Crippen LogP) is -3.93. The van der Waals surface area contributed by atoms with E-state index >= 15 is 0 Å². The molecule has 9 atom stereocenters. The van der Waals surface area contributed by atoms with E-state index in [4.69, 9.17) is 24.3 Å². The Labute approximate surface area is 222 Å². The lowest BCUT2D eigenvalue weighted by molar-refractivity contribution is -0.236. The molecule has 0 aromatic carbocycles. The van der Waals surface area contributed by atoms with E-state index in [9.17, 15) is 39.5 Å². The van der Waals surface area contributed by atoms with Crippen LogP contribution >= 0.6 is 7.82 Å². The third kappa shape index (κ3) is 5.42. The van der Waals surface area contributed by atoms with E-state index < -0.39 is 81.4 Å². The van der Waals surface area contributed by atoms with Crippen molar-refractivity contribution in [1.29, 1.82) is 0 Å². The maximum atomic E-state index is 12.6. The van der Waals surface area contributed by atoms with Gasteiger partial charge in [-0.15, -0.1) is 0 Å². The van der Waals surface area contributed by atoms with E-state index in [0.29, 0.717) is 0 Å². The number of fused-ring (bicyclic) bond motifs is 1. The second-order valence-corrected chi connectivity index (χ2v) is 10.1. The molecule has 0 radical (unpaired) electrons. The van der Waals surface area contributed by atoms with E-state index in [2.05, 4.69) is 15.0 Å². The number of nitrogens with two attached hydrogens (primary N) is 1. The second-order valence-electron chi connectivity index (χ2n) is 8.70. The van der Waals surface area contributed by atoms with Gasteiger partial charge in [0.25, 0.3) is 13.4 Å². The standard InChI is InChI=1S/C19H24N7O12P.H3N/c20-15-10-16(22-5-21-15)26(6-23-10)18-13(31)14(7(3-27)36-18)38-39(33,34)35-4-8-11(29)12(30)17(37-8)25-2-1-9(28)24-19(25)32;/h1-2,5-8,11-14,17-18,27,29-31H,3-4H2,(H,33,34)(H2,20,21,22)(H,24,28,32);1H3/t7-,8?,11-,12-,13-,14-,17-,18-;/m1./s1. The SMILES string of the molecule is Nc1ncnc2c1ncn2[C@@H]1O[C@H](CO)[C@@H](OP(=O)([O-])OCC2O[C@@H](n3ccc(=O)[nH]c3=O)[C@H](O)[C@@H]2O)[C@H]1O.[NH4+]. The van der Waals surface area contributed by atoms with Crippen molar-refractivity contribution >= 4 is 24.8 Å². The van der Waals surface area contributed by atoms with Gasteiger partial charge in [-0.1, -0.05) is 0 Å². The topological polar surface area (TPSA) is 319 Å². The van der Waals surface area contributed by atoms with Gasteiger partial charge in [0.05, 0.1) is 19.5 Å². The molecule has 21 heteroatoms. The van der Waals surface area contributed by atoms with Gasteiger partial charge >= 0.3 is 5.69 Å². The number of phosphoric acid groups is 1. The molecule has 2 aliphatic heterocycles. The van der Waals surface area contributed by atoms with E-state index in [0.717, 1.165) is 23.2 Å². The molecule has 0 amide bonds. The summed E-state index contributed by atoms with van der Waals surface area (Å²) in [5.74, 6) is 0.0595. The first-order chi connectivity index (χ1) is 18.5. The fourth-order valence-electron chi connectivity index (χ4n) is 4.35. The number of phosphoric ester groups is 1. The van der Waals surface area contributed by atoms with Crippen molar-refractivity contribution in [3.63, 3.8) is 0 Å². The number of nitrogen functional groups attached to an aromatic ring is 1. The number of aliphatic hydroxyl groups is 4. The molecule has 20 nitrogen and oxygen atoms in total. The van der Waals surface area contributed by atoms with Gasteiger partial charge in [0.15, 0.2) is 23.9 Å². The highest BCUT2D eigenvalue weighted by Crippen LogP contribution is 2.46. The normalized spacial score (nSPS) is 31.7. The largest absolute Gasteiger partial charge is 0.756 e. The minimum atomic E-state index is -5.26. The molecule has 2 unspecified atom stereocenters. The molecule has 11 N–H and O–H groups in total. The summed E-state index contributed by atoms with van der Waals surface area (Å²) >= 11 is 0. The fourth-order valence-corrected chi connectivity index (χ4v) is 5.30. The number of aliphatic hydroxyl groups excluding tert-OH is 4. The molecule has 2 aliphatic rings. The maximum Gasteiger partial charge on any atom is 0.330 e. The Kier molecular flexibility index (Phi) is 8.49. The Hall–Kier alpha value is -3.14. The van der Waals surface area contributed by atoms with Crippen LogP contribution in [0.5, 0.6) is 0 Å². The third-order valence-electron chi connectivity index (χ3n) is 6.26. The zero-order valence-corrected chi connectivity index (χ0v) is 21.6. The Morgan fingerprint density at radius 1 is 1.07 bits per heavy atom. The molecular formula is C19H27N8O12P. The molecule has 2 fully saturated rings. The quantitative estimate of drug-likeness (QED) is 0.123. The highest BCUT2D eigenvalue weighted by atomic mass is 31.2. The van der Waals surface area contributed by atoms with Crippen LogP contribution in [0.25, 0.3) is 11.2 Å². The molecule has 0 aliphatic carbocycles.